The Balaban J connectivity index is 1.56. The highest BCUT2D eigenvalue weighted by atomic mass is 32.2. The molecule has 0 unspecified atom stereocenters. The number of anilines is 1. The van der Waals surface area contributed by atoms with Gasteiger partial charge in [0.2, 0.25) is 5.91 Å². The second-order valence-electron chi connectivity index (χ2n) is 6.47. The van der Waals surface area contributed by atoms with Crippen LogP contribution in [0.1, 0.15) is 0 Å². The molecule has 0 saturated heterocycles. The van der Waals surface area contributed by atoms with Gasteiger partial charge < -0.3 is 19.8 Å². The third-order valence-corrected chi connectivity index (χ3v) is 6.69. The highest BCUT2D eigenvalue weighted by Gasteiger charge is 2.15. The number of thiazole rings is 1. The number of aromatic nitrogens is 3. The van der Waals surface area contributed by atoms with Crippen LogP contribution in [0.3, 0.4) is 0 Å². The molecule has 1 amide bonds. The van der Waals surface area contributed by atoms with Crippen molar-refractivity contribution in [2.24, 2.45) is 0 Å². The zero-order valence-corrected chi connectivity index (χ0v) is 19.5. The van der Waals surface area contributed by atoms with E-state index in [1.54, 1.807) is 29.9 Å². The van der Waals surface area contributed by atoms with Gasteiger partial charge in [0.1, 0.15) is 16.2 Å². The molecule has 0 radical (unpaired) electrons. The number of benzene rings is 2. The fourth-order valence-corrected chi connectivity index (χ4v) is 4.92. The van der Waals surface area contributed by atoms with Crippen LogP contribution in [-0.2, 0) is 4.79 Å². The number of fused-ring (bicyclic) bond motifs is 1. The van der Waals surface area contributed by atoms with Crippen LogP contribution in [0, 0.1) is 3.95 Å². The number of nitrogens with zero attached hydrogens (tertiary/aromatic N) is 2. The number of carbonyl (C=O) groups is 1. The van der Waals surface area contributed by atoms with Crippen molar-refractivity contribution in [1.82, 2.24) is 14.5 Å². The van der Waals surface area contributed by atoms with E-state index in [2.05, 4.69) is 15.3 Å². The van der Waals surface area contributed by atoms with Gasteiger partial charge >= 0.3 is 0 Å². The zero-order chi connectivity index (χ0) is 22.7. The Morgan fingerprint density at radius 2 is 2.00 bits per heavy atom. The molecule has 4 aromatic rings. The van der Waals surface area contributed by atoms with Crippen LogP contribution in [-0.4, -0.2) is 40.4 Å². The topological polar surface area (TPSA) is 98.2 Å². The van der Waals surface area contributed by atoms with Gasteiger partial charge in [0.25, 0.3) is 5.56 Å². The van der Waals surface area contributed by atoms with Gasteiger partial charge in [-0.25, -0.2) is 4.98 Å². The Kier molecular flexibility index (Phi) is 6.58. The van der Waals surface area contributed by atoms with E-state index in [1.165, 1.54) is 18.4 Å². The molecule has 2 aromatic heterocycles. The molecule has 2 aromatic carbocycles. The Morgan fingerprint density at radius 3 is 2.72 bits per heavy atom. The van der Waals surface area contributed by atoms with Crippen molar-refractivity contribution in [2.75, 3.05) is 25.3 Å². The SMILES string of the molecule is COc1ccc(NC(=O)CSc2nc3c(sc(=S)n3-c3ccccc3)c(=O)[nH]2)c(OC)c1. The number of H-pyrrole nitrogens is 1. The molecule has 0 aliphatic rings. The lowest BCUT2D eigenvalue weighted by atomic mass is 10.2. The molecule has 11 heteroatoms. The van der Waals surface area contributed by atoms with Crippen LogP contribution >= 0.6 is 35.3 Å². The Morgan fingerprint density at radius 1 is 1.22 bits per heavy atom. The van der Waals surface area contributed by atoms with Gasteiger partial charge in [0.05, 0.1) is 25.7 Å². The maximum atomic E-state index is 12.6. The standard InChI is InChI=1S/C21H18N4O4S3/c1-28-13-8-9-14(15(10-13)29-2)22-16(26)11-31-20-23-18-17(19(27)24-20)32-21(30)25(18)12-6-4-3-5-7-12/h3-10H,11H2,1-2H3,(H,22,26)(H,23,24,27). The van der Waals surface area contributed by atoms with E-state index < -0.39 is 0 Å². The molecule has 0 fully saturated rings. The summed E-state index contributed by atoms with van der Waals surface area (Å²) in [5.74, 6) is 0.870. The van der Waals surface area contributed by atoms with Crippen molar-refractivity contribution < 1.29 is 14.3 Å². The molecule has 0 saturated carbocycles. The molecule has 0 spiro atoms. The lowest BCUT2D eigenvalue weighted by Crippen LogP contribution is -2.16. The van der Waals surface area contributed by atoms with Gasteiger partial charge in [-0.1, -0.05) is 41.3 Å². The summed E-state index contributed by atoms with van der Waals surface area (Å²) in [5.41, 5.74) is 1.52. The van der Waals surface area contributed by atoms with Crippen LogP contribution in [0.25, 0.3) is 16.0 Å². The number of rotatable bonds is 7. The largest absolute Gasteiger partial charge is 0.497 e. The summed E-state index contributed by atoms with van der Waals surface area (Å²) in [6.07, 6.45) is 0. The summed E-state index contributed by atoms with van der Waals surface area (Å²) in [4.78, 5) is 32.4. The normalized spacial score (nSPS) is 10.8. The first-order chi connectivity index (χ1) is 15.5. The number of aromatic amines is 1. The quantitative estimate of drug-likeness (QED) is 0.229. The molecule has 0 aliphatic carbocycles. The fraction of sp³-hybridized carbons (Fsp3) is 0.143. The van der Waals surface area contributed by atoms with Crippen LogP contribution in [0.2, 0.25) is 0 Å². The van der Waals surface area contributed by atoms with Crippen LogP contribution in [0.4, 0.5) is 5.69 Å². The lowest BCUT2D eigenvalue weighted by molar-refractivity contribution is -0.113. The minimum absolute atomic E-state index is 0.0415. The van der Waals surface area contributed by atoms with Crippen molar-refractivity contribution in [3.05, 3.63) is 62.8 Å². The van der Waals surface area contributed by atoms with Crippen molar-refractivity contribution >= 4 is 57.3 Å². The predicted molar refractivity (Wildman–Crippen MR) is 129 cm³/mol. The van der Waals surface area contributed by atoms with Gasteiger partial charge in [-0.05, 0) is 36.5 Å². The minimum Gasteiger partial charge on any atom is -0.497 e. The van der Waals surface area contributed by atoms with Crippen molar-refractivity contribution in [3.8, 4) is 17.2 Å². The number of ether oxygens (including phenoxy) is 2. The molecular formula is C21H18N4O4S3. The fourth-order valence-electron chi connectivity index (χ4n) is 2.99. The molecule has 0 bridgehead atoms. The van der Waals surface area contributed by atoms with E-state index in [-0.39, 0.29) is 17.2 Å². The maximum Gasteiger partial charge on any atom is 0.271 e. The highest BCUT2D eigenvalue weighted by molar-refractivity contribution is 7.99. The molecule has 2 N–H and O–H groups in total. The molecular weight excluding hydrogens is 468 g/mol. The van der Waals surface area contributed by atoms with Crippen LogP contribution in [0.5, 0.6) is 11.5 Å². The van der Waals surface area contributed by atoms with Crippen LogP contribution in [0.15, 0.2) is 58.5 Å². The molecule has 2 heterocycles. The van der Waals surface area contributed by atoms with E-state index in [9.17, 15) is 9.59 Å². The molecule has 164 valence electrons. The average molecular weight is 487 g/mol. The number of hydrogen-bond acceptors (Lipinski definition) is 8. The van der Waals surface area contributed by atoms with Crippen molar-refractivity contribution in [3.63, 3.8) is 0 Å². The number of methoxy groups -OCH3 is 2. The molecule has 4 rings (SSSR count). The van der Waals surface area contributed by atoms with E-state index in [4.69, 9.17) is 21.7 Å². The van der Waals surface area contributed by atoms with Gasteiger partial charge in [-0.15, -0.1) is 0 Å². The molecule has 0 aliphatic heterocycles. The summed E-state index contributed by atoms with van der Waals surface area (Å²) in [5, 5.41) is 3.13. The Labute approximate surface area is 196 Å². The number of amides is 1. The average Bonchev–Trinajstić information content (AvgIpc) is 3.15. The lowest BCUT2D eigenvalue weighted by Gasteiger charge is -2.11. The van der Waals surface area contributed by atoms with Gasteiger partial charge in [-0.3, -0.25) is 14.2 Å². The minimum atomic E-state index is -0.291. The first-order valence-electron chi connectivity index (χ1n) is 9.36. The first-order valence-corrected chi connectivity index (χ1v) is 11.6. The Bertz CT molecular complexity index is 1400. The number of para-hydroxylation sites is 1. The zero-order valence-electron chi connectivity index (χ0n) is 17.1. The van der Waals surface area contributed by atoms with Gasteiger partial charge in [0.15, 0.2) is 14.8 Å². The van der Waals surface area contributed by atoms with Gasteiger partial charge in [-0.2, -0.15) is 0 Å². The second-order valence-corrected chi connectivity index (χ2v) is 9.07. The van der Waals surface area contributed by atoms with E-state index in [0.717, 1.165) is 17.4 Å². The third-order valence-electron chi connectivity index (χ3n) is 4.46. The smallest absolute Gasteiger partial charge is 0.271 e. The number of nitrogens with one attached hydrogen (secondary N) is 2. The third kappa shape index (κ3) is 4.54. The predicted octanol–water partition coefficient (Wildman–Crippen LogP) is 4.25. The molecule has 32 heavy (non-hydrogen) atoms. The van der Waals surface area contributed by atoms with Crippen LogP contribution < -0.4 is 20.3 Å². The van der Waals surface area contributed by atoms with E-state index in [0.29, 0.717) is 36.6 Å². The second kappa shape index (κ2) is 9.55. The summed E-state index contributed by atoms with van der Waals surface area (Å²) in [6, 6.07) is 14.6. The highest BCUT2D eigenvalue weighted by Crippen LogP contribution is 2.29. The monoisotopic (exact) mass is 486 g/mol. The van der Waals surface area contributed by atoms with Crippen molar-refractivity contribution in [2.45, 2.75) is 5.16 Å². The number of hydrogen-bond donors (Lipinski definition) is 2. The summed E-state index contributed by atoms with van der Waals surface area (Å²) >= 11 is 7.78. The van der Waals surface area contributed by atoms with Gasteiger partial charge in [0, 0.05) is 11.8 Å². The molecule has 8 nitrogen and oxygen atoms in total. The van der Waals surface area contributed by atoms with E-state index >= 15 is 0 Å². The van der Waals surface area contributed by atoms with E-state index in [1.807, 2.05) is 30.3 Å². The number of carbonyl (C=O) groups excluding carboxylic acids is 1. The maximum absolute atomic E-state index is 12.6. The first kappa shape index (κ1) is 22.1. The summed E-state index contributed by atoms with van der Waals surface area (Å²) in [7, 11) is 3.07. The summed E-state index contributed by atoms with van der Waals surface area (Å²) < 4.78 is 13.2. The molecule has 0 atom stereocenters. The Hall–Kier alpha value is -3.15. The van der Waals surface area contributed by atoms with Crippen molar-refractivity contribution in [1.29, 1.82) is 0 Å². The number of thioether (sulfide) groups is 1. The summed E-state index contributed by atoms with van der Waals surface area (Å²) in [6.45, 7) is 0.